The molecule has 1 aromatic carbocycles. The molecule has 2 aliphatic heterocycles. The van der Waals surface area contributed by atoms with Crippen molar-refractivity contribution in [3.05, 3.63) is 42.6 Å². The quantitative estimate of drug-likeness (QED) is 0.445. The van der Waals surface area contributed by atoms with Crippen LogP contribution in [0.15, 0.2) is 36.7 Å². The van der Waals surface area contributed by atoms with E-state index < -0.39 is 17.7 Å². The largest absolute Gasteiger partial charge is 0.507 e. The Balaban J connectivity index is 1.27. The molecule has 0 amide bonds. The first-order chi connectivity index (χ1) is 18.2. The predicted molar refractivity (Wildman–Crippen MR) is 139 cm³/mol. The summed E-state index contributed by atoms with van der Waals surface area (Å²) in [6, 6.07) is 6.45. The Morgan fingerprint density at radius 2 is 1.89 bits per heavy atom. The van der Waals surface area contributed by atoms with Gasteiger partial charge in [-0.3, -0.25) is 0 Å². The van der Waals surface area contributed by atoms with Gasteiger partial charge in [-0.1, -0.05) is 6.07 Å². The molecule has 1 aliphatic carbocycles. The molecular weight excluding hydrogens is 490 g/mol. The number of benzene rings is 1. The number of piperidine rings is 2. The highest BCUT2D eigenvalue weighted by molar-refractivity contribution is 5.74. The molecule has 2 N–H and O–H groups in total. The average Bonchev–Trinajstić information content (AvgIpc) is 3.73. The maximum absolute atomic E-state index is 16.0. The fourth-order valence-electron chi connectivity index (χ4n) is 6.35. The molecule has 38 heavy (non-hydrogen) atoms. The van der Waals surface area contributed by atoms with Crippen molar-refractivity contribution in [2.24, 2.45) is 0 Å². The molecule has 4 heterocycles. The fourth-order valence-corrected chi connectivity index (χ4v) is 6.35. The van der Waals surface area contributed by atoms with E-state index in [1.807, 2.05) is 6.92 Å². The van der Waals surface area contributed by atoms with Gasteiger partial charge in [0, 0.05) is 34.4 Å². The van der Waals surface area contributed by atoms with Gasteiger partial charge in [0.05, 0.1) is 19.3 Å². The number of anilines is 1. The molecule has 2 aromatic heterocycles. The Morgan fingerprint density at radius 1 is 1.08 bits per heavy atom. The molecule has 0 radical (unpaired) electrons. The minimum absolute atomic E-state index is 0.0211. The summed E-state index contributed by atoms with van der Waals surface area (Å²) >= 11 is 0. The second-order valence-corrected chi connectivity index (χ2v) is 11.4. The molecule has 1 saturated carbocycles. The summed E-state index contributed by atoms with van der Waals surface area (Å²) < 4.78 is 34.7. The van der Waals surface area contributed by atoms with Crippen molar-refractivity contribution in [2.45, 2.75) is 81.7 Å². The SMILES string of the molecule is COc1cc(-c2ccc(-c3cnc(N(C4CC4)[C@H]4C[C@]5(C)CCC[C@@](C)(N5)[C@H]4F)nn3)c(O)c2)cnc1F. The van der Waals surface area contributed by atoms with Crippen LogP contribution in [0, 0.1) is 5.95 Å². The van der Waals surface area contributed by atoms with Crippen LogP contribution in [0.3, 0.4) is 0 Å². The van der Waals surface area contributed by atoms with Gasteiger partial charge in [-0.25, -0.2) is 14.4 Å². The average molecular weight is 523 g/mol. The number of nitrogens with zero attached hydrogens (tertiary/aromatic N) is 5. The molecule has 2 saturated heterocycles. The molecule has 200 valence electrons. The number of hydrogen-bond acceptors (Lipinski definition) is 8. The Bertz CT molecular complexity index is 1350. The van der Waals surface area contributed by atoms with Crippen molar-refractivity contribution in [2.75, 3.05) is 12.0 Å². The predicted octanol–water partition coefficient (Wildman–Crippen LogP) is 4.82. The van der Waals surface area contributed by atoms with E-state index in [1.165, 1.54) is 19.4 Å². The van der Waals surface area contributed by atoms with Gasteiger partial charge in [-0.2, -0.15) is 4.39 Å². The summed E-state index contributed by atoms with van der Waals surface area (Å²) in [5.74, 6) is -0.275. The van der Waals surface area contributed by atoms with E-state index in [9.17, 15) is 9.50 Å². The zero-order valence-electron chi connectivity index (χ0n) is 21.8. The number of aromatic hydroxyl groups is 1. The molecule has 0 unspecified atom stereocenters. The van der Waals surface area contributed by atoms with Crippen LogP contribution in [-0.4, -0.2) is 61.7 Å². The van der Waals surface area contributed by atoms with Crippen molar-refractivity contribution < 1.29 is 18.6 Å². The minimum atomic E-state index is -1.05. The summed E-state index contributed by atoms with van der Waals surface area (Å²) in [6.45, 7) is 4.19. The number of methoxy groups -OCH3 is 1. The van der Waals surface area contributed by atoms with Crippen LogP contribution in [0.4, 0.5) is 14.7 Å². The highest BCUT2D eigenvalue weighted by Crippen LogP contribution is 2.46. The summed E-state index contributed by atoms with van der Waals surface area (Å²) in [5, 5.41) is 23.2. The molecule has 0 spiro atoms. The lowest BCUT2D eigenvalue weighted by molar-refractivity contribution is 0.0000874. The number of fused-ring (bicyclic) bond motifs is 2. The maximum Gasteiger partial charge on any atom is 0.255 e. The third-order valence-electron chi connectivity index (χ3n) is 8.33. The monoisotopic (exact) mass is 522 g/mol. The third-order valence-corrected chi connectivity index (χ3v) is 8.33. The second kappa shape index (κ2) is 9.11. The Labute approximate surface area is 220 Å². The van der Waals surface area contributed by atoms with E-state index in [1.54, 1.807) is 24.4 Å². The van der Waals surface area contributed by atoms with Crippen LogP contribution in [0.2, 0.25) is 0 Å². The lowest BCUT2D eigenvalue weighted by Crippen LogP contribution is -2.73. The van der Waals surface area contributed by atoms with Crippen molar-refractivity contribution in [1.29, 1.82) is 0 Å². The van der Waals surface area contributed by atoms with Gasteiger partial charge in [0.2, 0.25) is 5.95 Å². The van der Waals surface area contributed by atoms with Crippen LogP contribution in [-0.2, 0) is 0 Å². The Kier molecular flexibility index (Phi) is 5.97. The number of phenols is 1. The molecule has 2 bridgehead atoms. The lowest BCUT2D eigenvalue weighted by Gasteiger charge is -2.57. The van der Waals surface area contributed by atoms with Crippen molar-refractivity contribution in [3.63, 3.8) is 0 Å². The highest BCUT2D eigenvalue weighted by Gasteiger charge is 2.56. The molecule has 6 rings (SSSR count). The van der Waals surface area contributed by atoms with Gasteiger partial charge in [0.1, 0.15) is 17.6 Å². The van der Waals surface area contributed by atoms with Crippen LogP contribution in [0.1, 0.15) is 52.4 Å². The van der Waals surface area contributed by atoms with Crippen molar-refractivity contribution in [3.8, 4) is 33.9 Å². The minimum Gasteiger partial charge on any atom is -0.507 e. The number of ether oxygens (including phenoxy) is 1. The maximum atomic E-state index is 16.0. The van der Waals surface area contributed by atoms with E-state index >= 15 is 4.39 Å². The van der Waals surface area contributed by atoms with Crippen molar-refractivity contribution >= 4 is 5.95 Å². The first-order valence-corrected chi connectivity index (χ1v) is 13.1. The normalized spacial score (nSPS) is 28.7. The molecule has 3 fully saturated rings. The van der Waals surface area contributed by atoms with Crippen molar-refractivity contribution in [1.82, 2.24) is 25.5 Å². The first-order valence-electron chi connectivity index (χ1n) is 13.1. The van der Waals surface area contributed by atoms with Gasteiger partial charge in [0.15, 0.2) is 5.75 Å². The summed E-state index contributed by atoms with van der Waals surface area (Å²) in [4.78, 5) is 10.4. The topological polar surface area (TPSA) is 96.3 Å². The standard InChI is InChI=1S/C28H32F2N6O2/c1-27-9-4-10-28(2,35-27)24(29)21(13-27)36(18-6-7-18)26-32-15-20(33-34-26)19-8-5-16(11-22(19)37)17-12-23(38-3)25(30)31-14-17/h5,8,11-12,14-15,18,21,24,35,37H,4,6-7,9-10,13H2,1-3H3/t21-,24-,27-,28+/m0/s1. The van der Waals surface area contributed by atoms with E-state index in [0.29, 0.717) is 34.8 Å². The first kappa shape index (κ1) is 24.9. The van der Waals surface area contributed by atoms with Crippen LogP contribution < -0.4 is 15.0 Å². The molecule has 3 aliphatic rings. The van der Waals surface area contributed by atoms with Crippen LogP contribution in [0.5, 0.6) is 11.5 Å². The number of hydrogen-bond donors (Lipinski definition) is 2. The number of aromatic nitrogens is 4. The van der Waals surface area contributed by atoms with E-state index in [4.69, 9.17) is 4.74 Å². The fraction of sp³-hybridized carbons (Fsp3) is 0.500. The Hall–Kier alpha value is -3.40. The lowest BCUT2D eigenvalue weighted by atomic mass is 9.68. The zero-order chi connectivity index (χ0) is 26.7. The zero-order valence-corrected chi connectivity index (χ0v) is 21.8. The Morgan fingerprint density at radius 3 is 2.58 bits per heavy atom. The third kappa shape index (κ3) is 4.34. The summed E-state index contributed by atoms with van der Waals surface area (Å²) in [5.41, 5.74) is 1.43. The molecule has 10 heteroatoms. The van der Waals surface area contributed by atoms with Gasteiger partial charge >= 0.3 is 0 Å². The summed E-state index contributed by atoms with van der Waals surface area (Å²) in [6.07, 6.45) is 7.44. The smallest absolute Gasteiger partial charge is 0.255 e. The number of nitrogens with one attached hydrogen (secondary N) is 1. The summed E-state index contributed by atoms with van der Waals surface area (Å²) in [7, 11) is 1.37. The number of rotatable bonds is 6. The molecule has 3 aromatic rings. The number of pyridine rings is 1. The molecular formula is C28H32F2N6O2. The van der Waals surface area contributed by atoms with Gasteiger partial charge in [-0.05, 0) is 76.1 Å². The van der Waals surface area contributed by atoms with E-state index in [0.717, 1.165) is 32.1 Å². The highest BCUT2D eigenvalue weighted by atomic mass is 19.1. The number of halogens is 2. The van der Waals surface area contributed by atoms with Crippen LogP contribution >= 0.6 is 0 Å². The van der Waals surface area contributed by atoms with E-state index in [2.05, 4.69) is 37.3 Å². The van der Waals surface area contributed by atoms with Gasteiger partial charge < -0.3 is 20.1 Å². The van der Waals surface area contributed by atoms with Gasteiger partial charge in [0.25, 0.3) is 5.95 Å². The molecule has 4 atom stereocenters. The second-order valence-electron chi connectivity index (χ2n) is 11.4. The van der Waals surface area contributed by atoms with E-state index in [-0.39, 0.29) is 29.1 Å². The number of alkyl halides is 1. The van der Waals surface area contributed by atoms with Gasteiger partial charge in [-0.15, -0.1) is 10.2 Å². The van der Waals surface area contributed by atoms with Crippen LogP contribution in [0.25, 0.3) is 22.4 Å². The number of phenolic OH excluding ortho intramolecular Hbond substituents is 1. The molecule has 8 nitrogen and oxygen atoms in total.